The minimum Gasteiger partial charge on any atom is -0.198 e. The second-order valence-corrected chi connectivity index (χ2v) is 4.22. The molecule has 0 radical (unpaired) electrons. The Labute approximate surface area is 93.7 Å². The molecule has 0 aliphatic heterocycles. The van der Waals surface area contributed by atoms with Gasteiger partial charge in [-0.1, -0.05) is 24.3 Å². The summed E-state index contributed by atoms with van der Waals surface area (Å²) in [4.78, 5) is 1.24. The van der Waals surface area contributed by atoms with Gasteiger partial charge < -0.3 is 0 Å². The van der Waals surface area contributed by atoms with Gasteiger partial charge in [-0.2, -0.15) is 5.26 Å². The lowest BCUT2D eigenvalue weighted by Crippen LogP contribution is -1.84. The molecule has 0 saturated heterocycles. The highest BCUT2D eigenvalue weighted by atomic mass is 32.2. The van der Waals surface area contributed by atoms with Crippen LogP contribution in [0.2, 0.25) is 0 Å². The molecule has 0 fully saturated rings. The largest absolute Gasteiger partial charge is 0.198 e. The van der Waals surface area contributed by atoms with Gasteiger partial charge in [0.25, 0.3) is 0 Å². The van der Waals surface area contributed by atoms with Crippen molar-refractivity contribution >= 4 is 22.5 Å². The summed E-state index contributed by atoms with van der Waals surface area (Å²) in [7, 11) is 0. The Morgan fingerprint density at radius 3 is 2.87 bits per heavy atom. The zero-order valence-electron chi connectivity index (χ0n) is 8.53. The van der Waals surface area contributed by atoms with Crippen LogP contribution in [0.1, 0.15) is 5.56 Å². The standard InChI is InChI=1S/C13H11NS/c1-15-12-6-5-10-3-2-4-11(7-8-14)13(10)9-12/h2-6,9H,7H2,1H3. The number of hydrogen-bond acceptors (Lipinski definition) is 2. The van der Waals surface area contributed by atoms with E-state index in [-0.39, 0.29) is 0 Å². The van der Waals surface area contributed by atoms with Gasteiger partial charge >= 0.3 is 0 Å². The Balaban J connectivity index is 2.66. The number of nitriles is 1. The van der Waals surface area contributed by atoms with Crippen LogP contribution < -0.4 is 0 Å². The third kappa shape index (κ3) is 1.98. The summed E-state index contributed by atoms with van der Waals surface area (Å²) in [5.41, 5.74) is 1.12. The van der Waals surface area contributed by atoms with Crippen LogP contribution in [0.25, 0.3) is 10.8 Å². The molecule has 0 spiro atoms. The fourth-order valence-corrected chi connectivity index (χ4v) is 2.12. The van der Waals surface area contributed by atoms with Gasteiger partial charge in [0, 0.05) is 4.90 Å². The van der Waals surface area contributed by atoms with E-state index in [9.17, 15) is 0 Å². The fraction of sp³-hybridized carbons (Fsp3) is 0.154. The zero-order valence-corrected chi connectivity index (χ0v) is 9.34. The van der Waals surface area contributed by atoms with Crippen molar-refractivity contribution in [2.45, 2.75) is 11.3 Å². The molecule has 2 aromatic rings. The van der Waals surface area contributed by atoms with Crippen molar-refractivity contribution < 1.29 is 0 Å². The predicted octanol–water partition coefficient (Wildman–Crippen LogP) is 3.63. The highest BCUT2D eigenvalue weighted by Gasteiger charge is 2.01. The highest BCUT2D eigenvalue weighted by Crippen LogP contribution is 2.24. The molecular formula is C13H11NS. The summed E-state index contributed by atoms with van der Waals surface area (Å²) < 4.78 is 0. The fourth-order valence-electron chi connectivity index (χ4n) is 1.68. The van der Waals surface area contributed by atoms with Crippen LogP contribution in [0.3, 0.4) is 0 Å². The van der Waals surface area contributed by atoms with Gasteiger partial charge in [-0.15, -0.1) is 11.8 Å². The van der Waals surface area contributed by atoms with E-state index >= 15 is 0 Å². The molecule has 0 heterocycles. The third-order valence-electron chi connectivity index (χ3n) is 2.45. The number of rotatable bonds is 2. The molecule has 0 aromatic heterocycles. The van der Waals surface area contributed by atoms with Gasteiger partial charge in [-0.3, -0.25) is 0 Å². The van der Waals surface area contributed by atoms with Crippen molar-refractivity contribution in [3.8, 4) is 6.07 Å². The number of thioether (sulfide) groups is 1. The van der Waals surface area contributed by atoms with E-state index in [1.165, 1.54) is 15.7 Å². The van der Waals surface area contributed by atoms with E-state index in [1.807, 2.05) is 12.1 Å². The topological polar surface area (TPSA) is 23.8 Å². The first-order chi connectivity index (χ1) is 7.35. The third-order valence-corrected chi connectivity index (χ3v) is 3.17. The predicted molar refractivity (Wildman–Crippen MR) is 65.0 cm³/mol. The molecule has 0 atom stereocenters. The summed E-state index contributed by atoms with van der Waals surface area (Å²) >= 11 is 1.73. The summed E-state index contributed by atoms with van der Waals surface area (Å²) in [5, 5.41) is 11.2. The maximum Gasteiger partial charge on any atom is 0.0669 e. The van der Waals surface area contributed by atoms with Crippen LogP contribution in [0, 0.1) is 11.3 Å². The molecule has 74 valence electrons. The number of fused-ring (bicyclic) bond motifs is 1. The molecule has 15 heavy (non-hydrogen) atoms. The Kier molecular flexibility index (Phi) is 2.94. The van der Waals surface area contributed by atoms with Crippen LogP contribution in [0.15, 0.2) is 41.3 Å². The van der Waals surface area contributed by atoms with E-state index in [0.29, 0.717) is 6.42 Å². The molecule has 0 saturated carbocycles. The Morgan fingerprint density at radius 1 is 1.27 bits per heavy atom. The summed E-state index contributed by atoms with van der Waals surface area (Å²) in [6, 6.07) is 14.7. The Bertz CT molecular complexity index is 526. The minimum atomic E-state index is 0.481. The molecule has 0 amide bonds. The highest BCUT2D eigenvalue weighted by molar-refractivity contribution is 7.98. The van der Waals surface area contributed by atoms with Gasteiger partial charge in [-0.25, -0.2) is 0 Å². The summed E-state index contributed by atoms with van der Waals surface area (Å²) in [6.07, 6.45) is 2.54. The van der Waals surface area contributed by atoms with E-state index in [2.05, 4.69) is 36.6 Å². The maximum atomic E-state index is 8.75. The summed E-state index contributed by atoms with van der Waals surface area (Å²) in [6.45, 7) is 0. The molecule has 0 aliphatic rings. The zero-order chi connectivity index (χ0) is 10.7. The van der Waals surface area contributed by atoms with Crippen LogP contribution >= 0.6 is 11.8 Å². The Morgan fingerprint density at radius 2 is 2.13 bits per heavy atom. The van der Waals surface area contributed by atoms with Crippen molar-refractivity contribution in [2.24, 2.45) is 0 Å². The maximum absolute atomic E-state index is 8.75. The lowest BCUT2D eigenvalue weighted by molar-refractivity contribution is 1.28. The lowest BCUT2D eigenvalue weighted by atomic mass is 10.0. The smallest absolute Gasteiger partial charge is 0.0669 e. The second-order valence-electron chi connectivity index (χ2n) is 3.34. The normalized spacial score (nSPS) is 10.1. The molecule has 0 unspecified atom stereocenters. The van der Waals surface area contributed by atoms with Crippen molar-refractivity contribution in [3.63, 3.8) is 0 Å². The van der Waals surface area contributed by atoms with Crippen molar-refractivity contribution in [2.75, 3.05) is 6.26 Å². The Hall–Kier alpha value is -1.46. The first-order valence-electron chi connectivity index (χ1n) is 4.78. The van der Waals surface area contributed by atoms with Gasteiger partial charge in [0.1, 0.15) is 0 Å². The lowest BCUT2D eigenvalue weighted by Gasteiger charge is -2.04. The second kappa shape index (κ2) is 4.37. The first-order valence-corrected chi connectivity index (χ1v) is 6.00. The quantitative estimate of drug-likeness (QED) is 0.711. The number of hydrogen-bond donors (Lipinski definition) is 0. The molecular weight excluding hydrogens is 202 g/mol. The molecule has 0 aliphatic carbocycles. The molecule has 2 rings (SSSR count). The molecule has 0 N–H and O–H groups in total. The number of nitrogens with zero attached hydrogens (tertiary/aromatic N) is 1. The van der Waals surface area contributed by atoms with Crippen molar-refractivity contribution in [1.82, 2.24) is 0 Å². The molecule has 2 heteroatoms. The van der Waals surface area contributed by atoms with Gasteiger partial charge in [0.15, 0.2) is 0 Å². The van der Waals surface area contributed by atoms with Crippen molar-refractivity contribution in [3.05, 3.63) is 42.0 Å². The monoisotopic (exact) mass is 213 g/mol. The number of benzene rings is 2. The van der Waals surface area contributed by atoms with Crippen LogP contribution in [-0.2, 0) is 6.42 Å². The van der Waals surface area contributed by atoms with E-state index < -0.39 is 0 Å². The molecule has 1 nitrogen and oxygen atoms in total. The van der Waals surface area contributed by atoms with Crippen LogP contribution in [0.5, 0.6) is 0 Å². The van der Waals surface area contributed by atoms with E-state index in [0.717, 1.165) is 5.56 Å². The minimum absolute atomic E-state index is 0.481. The van der Waals surface area contributed by atoms with E-state index in [4.69, 9.17) is 5.26 Å². The van der Waals surface area contributed by atoms with Crippen LogP contribution in [0.4, 0.5) is 0 Å². The van der Waals surface area contributed by atoms with Gasteiger partial charge in [0.05, 0.1) is 12.5 Å². The van der Waals surface area contributed by atoms with Crippen molar-refractivity contribution in [1.29, 1.82) is 5.26 Å². The summed E-state index contributed by atoms with van der Waals surface area (Å²) in [5.74, 6) is 0. The van der Waals surface area contributed by atoms with Crippen LogP contribution in [-0.4, -0.2) is 6.26 Å². The molecule has 0 bridgehead atoms. The average Bonchev–Trinajstić information content (AvgIpc) is 2.29. The van der Waals surface area contributed by atoms with E-state index in [1.54, 1.807) is 11.8 Å². The van der Waals surface area contributed by atoms with Gasteiger partial charge in [0.2, 0.25) is 0 Å². The average molecular weight is 213 g/mol. The SMILES string of the molecule is CSc1ccc2cccc(CC#N)c2c1. The molecule has 2 aromatic carbocycles. The first kappa shape index (κ1) is 10.1. The van der Waals surface area contributed by atoms with Gasteiger partial charge in [-0.05, 0) is 34.7 Å².